The molecule has 132 valence electrons. The van der Waals surface area contributed by atoms with E-state index in [1.807, 2.05) is 30.3 Å². The molecule has 0 saturated carbocycles. The van der Waals surface area contributed by atoms with Gasteiger partial charge in [0.25, 0.3) is 0 Å². The Balaban J connectivity index is 2.65. The Morgan fingerprint density at radius 3 is 2.17 bits per heavy atom. The first-order chi connectivity index (χ1) is 11.2. The van der Waals surface area contributed by atoms with Crippen LogP contribution in [0.2, 0.25) is 0 Å². The van der Waals surface area contributed by atoms with Crippen molar-refractivity contribution < 1.29 is 24.6 Å². The van der Waals surface area contributed by atoms with Gasteiger partial charge in [0.05, 0.1) is 6.04 Å². The van der Waals surface area contributed by atoms with Crippen molar-refractivity contribution in [3.8, 4) is 0 Å². The summed E-state index contributed by atoms with van der Waals surface area (Å²) in [5, 5.41) is 21.1. The van der Waals surface area contributed by atoms with E-state index in [4.69, 9.17) is 5.11 Å². The summed E-state index contributed by atoms with van der Waals surface area (Å²) in [4.78, 5) is 35.7. The molecule has 7 nitrogen and oxygen atoms in total. The van der Waals surface area contributed by atoms with Crippen LogP contribution in [0.15, 0.2) is 30.3 Å². The van der Waals surface area contributed by atoms with Crippen molar-refractivity contribution in [2.45, 2.75) is 44.8 Å². The average Bonchev–Trinajstić information content (AvgIpc) is 2.56. The summed E-state index contributed by atoms with van der Waals surface area (Å²) >= 11 is 0. The van der Waals surface area contributed by atoms with E-state index in [0.717, 1.165) is 10.5 Å². The number of rotatable bonds is 9. The molecule has 0 aromatic heterocycles. The highest BCUT2D eigenvalue weighted by atomic mass is 16.4. The maximum Gasteiger partial charge on any atom is 0.326 e. The Morgan fingerprint density at radius 2 is 1.67 bits per heavy atom. The van der Waals surface area contributed by atoms with Gasteiger partial charge >= 0.3 is 11.9 Å². The minimum Gasteiger partial charge on any atom is -0.480 e. The minimum atomic E-state index is -1.11. The third-order valence-corrected chi connectivity index (χ3v) is 3.97. The number of amides is 1. The first kappa shape index (κ1) is 19.6. The van der Waals surface area contributed by atoms with Gasteiger partial charge in [-0.1, -0.05) is 30.3 Å². The number of nitrogens with zero attached hydrogens (tertiary/aromatic N) is 1. The molecule has 3 unspecified atom stereocenters. The second-order valence-electron chi connectivity index (χ2n) is 5.77. The van der Waals surface area contributed by atoms with E-state index in [1.54, 1.807) is 0 Å². The minimum absolute atomic E-state index is 0.329. The van der Waals surface area contributed by atoms with Crippen LogP contribution in [0, 0.1) is 0 Å². The summed E-state index contributed by atoms with van der Waals surface area (Å²) in [6.07, 6.45) is 0.891. The molecule has 0 spiro atoms. The van der Waals surface area contributed by atoms with Crippen LogP contribution < -0.4 is 5.32 Å². The van der Waals surface area contributed by atoms with Gasteiger partial charge in [-0.2, -0.15) is 0 Å². The molecule has 0 aliphatic heterocycles. The maximum absolute atomic E-state index is 12.2. The molecule has 0 saturated heterocycles. The van der Waals surface area contributed by atoms with Crippen molar-refractivity contribution in [2.75, 3.05) is 7.05 Å². The van der Waals surface area contributed by atoms with Crippen LogP contribution in [0.4, 0.5) is 0 Å². The smallest absolute Gasteiger partial charge is 0.326 e. The number of carbonyl (C=O) groups is 3. The molecule has 1 rings (SSSR count). The van der Waals surface area contributed by atoms with Crippen LogP contribution in [0.1, 0.15) is 25.8 Å². The largest absolute Gasteiger partial charge is 0.480 e. The summed E-state index contributed by atoms with van der Waals surface area (Å²) in [5.41, 5.74) is 1.01. The molecule has 1 amide bonds. The number of benzene rings is 1. The van der Waals surface area contributed by atoms with Gasteiger partial charge in [-0.15, -0.1) is 0 Å². The van der Waals surface area contributed by atoms with Crippen LogP contribution in [0.3, 0.4) is 0 Å². The summed E-state index contributed by atoms with van der Waals surface area (Å²) < 4.78 is 0. The van der Waals surface area contributed by atoms with Crippen LogP contribution in [-0.2, 0) is 20.8 Å². The first-order valence-corrected chi connectivity index (χ1v) is 7.76. The number of nitrogens with one attached hydrogen (secondary N) is 1. The predicted molar refractivity (Wildman–Crippen MR) is 88.7 cm³/mol. The molecule has 3 atom stereocenters. The molecule has 0 aliphatic carbocycles. The lowest BCUT2D eigenvalue weighted by Gasteiger charge is -2.27. The standard InChI is InChI=1S/C17H24N2O5/c1-11(15(20)19(3)12(2)16(21)22)18-14(17(23)24)10-9-13-7-5-4-6-8-13/h4-8,11-12,14,18H,9-10H2,1-3H3,(H,21,22)(H,23,24). The number of carboxylic acid groups (broad SMARTS) is 2. The fourth-order valence-corrected chi connectivity index (χ4v) is 2.27. The van der Waals surface area contributed by atoms with Gasteiger partial charge in [-0.25, -0.2) is 4.79 Å². The van der Waals surface area contributed by atoms with Crippen LogP contribution in [-0.4, -0.2) is 58.1 Å². The normalized spacial score (nSPS) is 14.5. The summed E-state index contributed by atoms with van der Waals surface area (Å²) in [7, 11) is 1.39. The second kappa shape index (κ2) is 9.02. The Hall–Kier alpha value is -2.41. The lowest BCUT2D eigenvalue weighted by atomic mass is 10.0. The summed E-state index contributed by atoms with van der Waals surface area (Å²) in [6, 6.07) is 6.81. The number of hydrogen-bond acceptors (Lipinski definition) is 4. The number of carbonyl (C=O) groups excluding carboxylic acids is 1. The molecule has 1 aromatic carbocycles. The number of aryl methyl sites for hydroxylation is 1. The molecule has 0 fully saturated rings. The fraction of sp³-hybridized carbons (Fsp3) is 0.471. The van der Waals surface area contributed by atoms with E-state index in [9.17, 15) is 19.5 Å². The number of hydrogen-bond donors (Lipinski definition) is 3. The lowest BCUT2D eigenvalue weighted by molar-refractivity contribution is -0.149. The lowest BCUT2D eigenvalue weighted by Crippen LogP contribution is -2.52. The average molecular weight is 336 g/mol. The molecule has 0 radical (unpaired) electrons. The topological polar surface area (TPSA) is 107 Å². The zero-order valence-corrected chi connectivity index (χ0v) is 14.1. The van der Waals surface area contributed by atoms with Crippen LogP contribution in [0.5, 0.6) is 0 Å². The van der Waals surface area contributed by atoms with Gasteiger partial charge in [0.15, 0.2) is 0 Å². The van der Waals surface area contributed by atoms with Crippen LogP contribution in [0.25, 0.3) is 0 Å². The molecule has 0 bridgehead atoms. The Bertz CT molecular complexity index is 576. The van der Waals surface area contributed by atoms with Gasteiger partial charge < -0.3 is 15.1 Å². The highest BCUT2D eigenvalue weighted by Crippen LogP contribution is 2.07. The van der Waals surface area contributed by atoms with Crippen molar-refractivity contribution in [3.05, 3.63) is 35.9 Å². The zero-order chi connectivity index (χ0) is 18.3. The van der Waals surface area contributed by atoms with Gasteiger partial charge in [0.2, 0.25) is 5.91 Å². The number of aliphatic carboxylic acids is 2. The van der Waals surface area contributed by atoms with E-state index < -0.39 is 36.0 Å². The third kappa shape index (κ3) is 5.66. The molecular formula is C17H24N2O5. The second-order valence-corrected chi connectivity index (χ2v) is 5.77. The Kier molecular flexibility index (Phi) is 7.38. The third-order valence-electron chi connectivity index (χ3n) is 3.97. The quantitative estimate of drug-likeness (QED) is 0.621. The monoisotopic (exact) mass is 336 g/mol. The van der Waals surface area contributed by atoms with Crippen molar-refractivity contribution >= 4 is 17.8 Å². The molecule has 7 heteroatoms. The number of likely N-dealkylation sites (N-methyl/N-ethyl adjacent to an activating group) is 1. The molecular weight excluding hydrogens is 312 g/mol. The maximum atomic E-state index is 12.2. The predicted octanol–water partition coefficient (Wildman–Crippen LogP) is 0.982. The molecule has 0 heterocycles. The van der Waals surface area contributed by atoms with Crippen molar-refractivity contribution in [2.24, 2.45) is 0 Å². The number of carboxylic acids is 2. The molecule has 3 N–H and O–H groups in total. The fourth-order valence-electron chi connectivity index (χ4n) is 2.27. The summed E-state index contributed by atoms with van der Waals surface area (Å²) in [5.74, 6) is -2.62. The Labute approximate surface area is 141 Å². The van der Waals surface area contributed by atoms with Crippen molar-refractivity contribution in [1.82, 2.24) is 10.2 Å². The van der Waals surface area contributed by atoms with Crippen LogP contribution >= 0.6 is 0 Å². The molecule has 0 aliphatic rings. The molecule has 24 heavy (non-hydrogen) atoms. The SMILES string of the molecule is CC(NC(CCc1ccccc1)C(=O)O)C(=O)N(C)C(C)C(=O)O. The van der Waals surface area contributed by atoms with E-state index >= 15 is 0 Å². The summed E-state index contributed by atoms with van der Waals surface area (Å²) in [6.45, 7) is 2.93. The van der Waals surface area contributed by atoms with E-state index in [1.165, 1.54) is 20.9 Å². The van der Waals surface area contributed by atoms with E-state index in [0.29, 0.717) is 12.8 Å². The highest BCUT2D eigenvalue weighted by Gasteiger charge is 2.28. The highest BCUT2D eigenvalue weighted by molar-refractivity contribution is 5.87. The zero-order valence-electron chi connectivity index (χ0n) is 14.1. The van der Waals surface area contributed by atoms with Gasteiger partial charge in [-0.3, -0.25) is 14.9 Å². The molecule has 1 aromatic rings. The van der Waals surface area contributed by atoms with Gasteiger partial charge in [0, 0.05) is 7.05 Å². The first-order valence-electron chi connectivity index (χ1n) is 7.76. The van der Waals surface area contributed by atoms with E-state index in [2.05, 4.69) is 5.32 Å². The van der Waals surface area contributed by atoms with E-state index in [-0.39, 0.29) is 0 Å². The van der Waals surface area contributed by atoms with Crippen molar-refractivity contribution in [3.63, 3.8) is 0 Å². The van der Waals surface area contributed by atoms with Crippen molar-refractivity contribution in [1.29, 1.82) is 0 Å². The van der Waals surface area contributed by atoms with Gasteiger partial charge in [-0.05, 0) is 32.3 Å². The van der Waals surface area contributed by atoms with Gasteiger partial charge in [0.1, 0.15) is 12.1 Å². The Morgan fingerprint density at radius 1 is 1.08 bits per heavy atom.